The maximum absolute atomic E-state index is 12.7. The van der Waals surface area contributed by atoms with E-state index >= 15 is 0 Å². The van der Waals surface area contributed by atoms with Gasteiger partial charge in [-0.3, -0.25) is 14.8 Å². The number of carbonyl (C=O) groups is 3. The summed E-state index contributed by atoms with van der Waals surface area (Å²) in [4.78, 5) is 37.8. The number of likely N-dealkylation sites (N-methyl/N-ethyl adjacent to an activating group) is 1. The van der Waals surface area contributed by atoms with Crippen LogP contribution in [-0.2, 0) is 16.6 Å². The predicted octanol–water partition coefficient (Wildman–Crippen LogP) is 3.72. The third-order valence-electron chi connectivity index (χ3n) is 6.10. The molecule has 0 fully saturated rings. The summed E-state index contributed by atoms with van der Waals surface area (Å²) in [7, 11) is 1.58. The SMILES string of the molecule is CCN(C(=O)c1cc(NC(=O)OCC2c3ccccc3-c3ccccc32)n(C)n1)C(C)C(=O)O. The van der Waals surface area contributed by atoms with E-state index in [1.54, 1.807) is 14.0 Å². The number of aliphatic carboxylic acids is 1. The van der Waals surface area contributed by atoms with Gasteiger partial charge in [-0.2, -0.15) is 5.10 Å². The van der Waals surface area contributed by atoms with Crippen LogP contribution in [0.15, 0.2) is 54.6 Å². The van der Waals surface area contributed by atoms with Crippen LogP contribution in [0, 0.1) is 0 Å². The topological polar surface area (TPSA) is 114 Å². The minimum absolute atomic E-state index is 0.0337. The number of rotatable bonds is 7. The molecule has 0 spiro atoms. The lowest BCUT2D eigenvalue weighted by molar-refractivity contribution is -0.141. The van der Waals surface area contributed by atoms with Crippen molar-refractivity contribution in [3.63, 3.8) is 0 Å². The molecule has 1 aliphatic rings. The molecule has 1 aromatic heterocycles. The molecule has 0 saturated heterocycles. The van der Waals surface area contributed by atoms with Crippen LogP contribution in [0.25, 0.3) is 11.1 Å². The number of nitrogens with one attached hydrogen (secondary N) is 1. The van der Waals surface area contributed by atoms with Crippen LogP contribution >= 0.6 is 0 Å². The van der Waals surface area contributed by atoms with E-state index in [4.69, 9.17) is 4.74 Å². The molecule has 2 amide bonds. The summed E-state index contributed by atoms with van der Waals surface area (Å²) in [6.45, 7) is 3.49. The van der Waals surface area contributed by atoms with Gasteiger partial charge in [0.25, 0.3) is 5.91 Å². The molecule has 0 bridgehead atoms. The third kappa shape index (κ3) is 4.24. The molecular formula is C25H26N4O5. The maximum atomic E-state index is 12.7. The van der Waals surface area contributed by atoms with Crippen LogP contribution < -0.4 is 5.32 Å². The fourth-order valence-corrected chi connectivity index (χ4v) is 4.30. The van der Waals surface area contributed by atoms with Gasteiger partial charge in [0, 0.05) is 25.6 Å². The minimum atomic E-state index is -1.11. The molecule has 2 N–H and O–H groups in total. The Morgan fingerprint density at radius 3 is 2.26 bits per heavy atom. The lowest BCUT2D eigenvalue weighted by Crippen LogP contribution is -2.43. The van der Waals surface area contributed by atoms with Gasteiger partial charge in [0.05, 0.1) is 0 Å². The van der Waals surface area contributed by atoms with Gasteiger partial charge in [0.15, 0.2) is 5.69 Å². The molecule has 1 atom stereocenters. The molecular weight excluding hydrogens is 436 g/mol. The number of aryl methyl sites for hydroxylation is 1. The van der Waals surface area contributed by atoms with Gasteiger partial charge >= 0.3 is 12.1 Å². The molecule has 34 heavy (non-hydrogen) atoms. The molecule has 0 saturated carbocycles. The van der Waals surface area contributed by atoms with Crippen molar-refractivity contribution in [2.24, 2.45) is 7.05 Å². The van der Waals surface area contributed by atoms with Gasteiger partial charge < -0.3 is 14.7 Å². The smallest absolute Gasteiger partial charge is 0.412 e. The van der Waals surface area contributed by atoms with Gasteiger partial charge in [-0.1, -0.05) is 48.5 Å². The van der Waals surface area contributed by atoms with Crippen LogP contribution in [0.5, 0.6) is 0 Å². The van der Waals surface area contributed by atoms with Crippen LogP contribution in [0.1, 0.15) is 41.4 Å². The van der Waals surface area contributed by atoms with Crippen molar-refractivity contribution in [1.29, 1.82) is 0 Å². The highest BCUT2D eigenvalue weighted by Crippen LogP contribution is 2.44. The molecule has 0 radical (unpaired) electrons. The Labute approximate surface area is 196 Å². The van der Waals surface area contributed by atoms with Gasteiger partial charge in [0.1, 0.15) is 18.5 Å². The zero-order valence-corrected chi connectivity index (χ0v) is 19.2. The van der Waals surface area contributed by atoms with Crippen molar-refractivity contribution in [3.05, 3.63) is 71.4 Å². The summed E-state index contributed by atoms with van der Waals surface area (Å²) in [5.41, 5.74) is 4.52. The summed E-state index contributed by atoms with van der Waals surface area (Å²) >= 11 is 0. The first-order valence-electron chi connectivity index (χ1n) is 11.0. The van der Waals surface area contributed by atoms with Crippen molar-refractivity contribution in [2.75, 3.05) is 18.5 Å². The molecule has 9 nitrogen and oxygen atoms in total. The highest BCUT2D eigenvalue weighted by atomic mass is 16.5. The number of fused-ring (bicyclic) bond motifs is 3. The zero-order chi connectivity index (χ0) is 24.4. The Bertz CT molecular complexity index is 1210. The Balaban J connectivity index is 1.44. The normalized spacial score (nSPS) is 13.0. The second-order valence-electron chi connectivity index (χ2n) is 8.09. The van der Waals surface area contributed by atoms with E-state index in [9.17, 15) is 19.5 Å². The Morgan fingerprint density at radius 2 is 1.71 bits per heavy atom. The number of benzene rings is 2. The monoisotopic (exact) mass is 462 g/mol. The highest BCUT2D eigenvalue weighted by Gasteiger charge is 2.30. The molecule has 1 heterocycles. The Morgan fingerprint density at radius 1 is 1.12 bits per heavy atom. The number of carboxylic acid groups (broad SMARTS) is 1. The number of anilines is 1. The summed E-state index contributed by atoms with van der Waals surface area (Å²) in [6.07, 6.45) is -0.671. The zero-order valence-electron chi connectivity index (χ0n) is 19.2. The number of ether oxygens (including phenoxy) is 1. The Hall–Kier alpha value is -4.14. The van der Waals surface area contributed by atoms with Crippen LogP contribution in [0.2, 0.25) is 0 Å². The standard InChI is InChI=1S/C25H26N4O5/c1-4-29(15(2)24(31)32)23(30)21-13-22(28(3)27-21)26-25(33)34-14-20-18-11-7-5-9-16(18)17-10-6-8-12-19(17)20/h5-13,15,20H,4,14H2,1-3H3,(H,26,33)(H,31,32). The molecule has 176 valence electrons. The van der Waals surface area contributed by atoms with Gasteiger partial charge in [-0.25, -0.2) is 9.59 Å². The minimum Gasteiger partial charge on any atom is -0.480 e. The van der Waals surface area contributed by atoms with Crippen LogP contribution in [-0.4, -0.2) is 57.0 Å². The molecule has 1 aliphatic carbocycles. The van der Waals surface area contributed by atoms with Crippen molar-refractivity contribution in [3.8, 4) is 11.1 Å². The quantitative estimate of drug-likeness (QED) is 0.553. The van der Waals surface area contributed by atoms with E-state index < -0.39 is 24.0 Å². The average molecular weight is 463 g/mol. The predicted molar refractivity (Wildman–Crippen MR) is 126 cm³/mol. The summed E-state index contributed by atoms with van der Waals surface area (Å²) in [5, 5.41) is 16.0. The molecule has 0 aliphatic heterocycles. The van der Waals surface area contributed by atoms with Crippen molar-refractivity contribution in [1.82, 2.24) is 14.7 Å². The fraction of sp³-hybridized carbons (Fsp3) is 0.280. The van der Waals surface area contributed by atoms with E-state index in [2.05, 4.69) is 22.5 Å². The maximum Gasteiger partial charge on any atom is 0.412 e. The Kier molecular flexibility index (Phi) is 6.36. The van der Waals surface area contributed by atoms with E-state index in [0.717, 1.165) is 22.3 Å². The summed E-state index contributed by atoms with van der Waals surface area (Å²) in [6, 6.07) is 16.5. The first kappa shape index (κ1) is 23.0. The molecule has 4 rings (SSSR count). The number of carbonyl (C=O) groups excluding carboxylic acids is 2. The lowest BCUT2D eigenvalue weighted by atomic mass is 9.98. The van der Waals surface area contributed by atoms with E-state index in [1.165, 1.54) is 22.6 Å². The summed E-state index contributed by atoms with van der Waals surface area (Å²) in [5.74, 6) is -1.45. The second kappa shape index (κ2) is 9.38. The molecule has 2 aromatic carbocycles. The average Bonchev–Trinajstić information content (AvgIpc) is 3.35. The van der Waals surface area contributed by atoms with Gasteiger partial charge in [-0.05, 0) is 36.1 Å². The molecule has 3 aromatic rings. The molecule has 9 heteroatoms. The van der Waals surface area contributed by atoms with Crippen LogP contribution in [0.3, 0.4) is 0 Å². The van der Waals surface area contributed by atoms with Gasteiger partial charge in [0.2, 0.25) is 0 Å². The second-order valence-corrected chi connectivity index (χ2v) is 8.09. The third-order valence-corrected chi connectivity index (χ3v) is 6.10. The van der Waals surface area contributed by atoms with Crippen LogP contribution in [0.4, 0.5) is 10.6 Å². The number of aromatic nitrogens is 2. The van der Waals surface area contributed by atoms with Crippen molar-refractivity contribution < 1.29 is 24.2 Å². The summed E-state index contributed by atoms with van der Waals surface area (Å²) < 4.78 is 6.88. The number of hydrogen-bond donors (Lipinski definition) is 2. The van der Waals surface area contributed by atoms with Gasteiger partial charge in [-0.15, -0.1) is 0 Å². The van der Waals surface area contributed by atoms with Crippen molar-refractivity contribution in [2.45, 2.75) is 25.8 Å². The highest BCUT2D eigenvalue weighted by molar-refractivity contribution is 5.96. The van der Waals surface area contributed by atoms with E-state index in [-0.39, 0.29) is 30.6 Å². The fourth-order valence-electron chi connectivity index (χ4n) is 4.30. The van der Waals surface area contributed by atoms with E-state index in [1.807, 2.05) is 36.4 Å². The van der Waals surface area contributed by atoms with Crippen molar-refractivity contribution >= 4 is 23.8 Å². The van der Waals surface area contributed by atoms with E-state index in [0.29, 0.717) is 0 Å². The number of hydrogen-bond acceptors (Lipinski definition) is 5. The first-order valence-corrected chi connectivity index (χ1v) is 11.0. The lowest BCUT2D eigenvalue weighted by Gasteiger charge is -2.23. The number of amides is 2. The first-order chi connectivity index (χ1) is 16.3. The molecule has 1 unspecified atom stereocenters. The number of nitrogens with zero attached hydrogens (tertiary/aromatic N) is 3. The largest absolute Gasteiger partial charge is 0.480 e. The number of carboxylic acids is 1.